The van der Waals surface area contributed by atoms with E-state index in [1.54, 1.807) is 0 Å². The van der Waals surface area contributed by atoms with Gasteiger partial charge in [-0.25, -0.2) is 4.79 Å². The number of amides is 1. The first-order valence-electron chi connectivity index (χ1n) is 7.70. The summed E-state index contributed by atoms with van der Waals surface area (Å²) in [6.07, 6.45) is 0.651. The number of carbonyl (C=O) groups is 1. The first kappa shape index (κ1) is 16.6. The average Bonchev–Trinajstić information content (AvgIpc) is 3.21. The van der Waals surface area contributed by atoms with Crippen molar-refractivity contribution in [2.75, 3.05) is 19.8 Å². The van der Waals surface area contributed by atoms with E-state index in [1.165, 1.54) is 0 Å². The highest BCUT2D eigenvalue weighted by Crippen LogP contribution is 2.49. The van der Waals surface area contributed by atoms with Gasteiger partial charge in [-0.1, -0.05) is 18.2 Å². The topological polar surface area (TPSA) is 67.8 Å². The summed E-state index contributed by atoms with van der Waals surface area (Å²) in [4.78, 5) is 11.7. The van der Waals surface area contributed by atoms with Crippen LogP contribution in [0.4, 0.5) is 4.79 Å². The van der Waals surface area contributed by atoms with Crippen LogP contribution in [0.5, 0.6) is 5.75 Å². The molecule has 2 rings (SSSR count). The Kier molecular flexibility index (Phi) is 5.29. The van der Waals surface area contributed by atoms with Crippen molar-refractivity contribution >= 4 is 6.09 Å². The van der Waals surface area contributed by atoms with Gasteiger partial charge in [0.1, 0.15) is 18.0 Å². The first-order chi connectivity index (χ1) is 10.4. The van der Waals surface area contributed by atoms with E-state index in [-0.39, 0.29) is 12.7 Å². The second-order valence-corrected chi connectivity index (χ2v) is 6.59. The molecule has 1 amide bonds. The smallest absolute Gasteiger partial charge is 0.407 e. The molecule has 5 nitrogen and oxygen atoms in total. The molecular weight excluding hydrogens is 282 g/mol. The number of rotatable bonds is 6. The second-order valence-electron chi connectivity index (χ2n) is 6.59. The lowest BCUT2D eigenvalue weighted by Gasteiger charge is -2.19. The fraction of sp³-hybridized carbons (Fsp3) is 0.588. The van der Waals surface area contributed by atoms with Gasteiger partial charge in [-0.05, 0) is 50.7 Å². The SMILES string of the molecule is CC(C)(C)OC(=O)NC[C@@H]1C[C@H]1c1ccccc1OCCO. The molecule has 0 heterocycles. The number of hydrogen-bond acceptors (Lipinski definition) is 4. The number of alkyl carbamates (subject to hydrolysis) is 1. The van der Waals surface area contributed by atoms with Gasteiger partial charge in [-0.15, -0.1) is 0 Å². The predicted molar refractivity (Wildman–Crippen MR) is 84.1 cm³/mol. The number of carbonyl (C=O) groups excluding carboxylic acids is 1. The first-order valence-corrected chi connectivity index (χ1v) is 7.70. The zero-order valence-corrected chi connectivity index (χ0v) is 13.5. The number of ether oxygens (including phenoxy) is 2. The van der Waals surface area contributed by atoms with Crippen molar-refractivity contribution in [1.29, 1.82) is 0 Å². The van der Waals surface area contributed by atoms with E-state index in [0.29, 0.717) is 25.0 Å². The van der Waals surface area contributed by atoms with E-state index in [9.17, 15) is 4.79 Å². The normalized spacial score (nSPS) is 20.4. The molecule has 0 aliphatic heterocycles. The summed E-state index contributed by atoms with van der Waals surface area (Å²) < 4.78 is 10.8. The lowest BCUT2D eigenvalue weighted by molar-refractivity contribution is 0.0525. The summed E-state index contributed by atoms with van der Waals surface area (Å²) in [5.41, 5.74) is 0.671. The van der Waals surface area contributed by atoms with Crippen LogP contribution in [0.25, 0.3) is 0 Å². The number of nitrogens with one attached hydrogen (secondary N) is 1. The van der Waals surface area contributed by atoms with Gasteiger partial charge in [0.25, 0.3) is 0 Å². The van der Waals surface area contributed by atoms with Gasteiger partial charge in [0, 0.05) is 6.54 Å². The minimum Gasteiger partial charge on any atom is -0.491 e. The van der Waals surface area contributed by atoms with Crippen LogP contribution in [0, 0.1) is 5.92 Å². The predicted octanol–water partition coefficient (Wildman–Crippen LogP) is 2.69. The number of aliphatic hydroxyl groups is 1. The molecule has 0 aromatic heterocycles. The van der Waals surface area contributed by atoms with Crippen molar-refractivity contribution in [3.05, 3.63) is 29.8 Å². The molecule has 0 spiro atoms. The Labute approximate surface area is 131 Å². The molecule has 5 heteroatoms. The lowest BCUT2D eigenvalue weighted by atomic mass is 10.1. The van der Waals surface area contributed by atoms with Gasteiger partial charge in [-0.3, -0.25) is 0 Å². The van der Waals surface area contributed by atoms with Crippen LogP contribution in [-0.2, 0) is 4.74 Å². The summed E-state index contributed by atoms with van der Waals surface area (Å²) in [5, 5.41) is 11.7. The Morgan fingerprint density at radius 1 is 1.36 bits per heavy atom. The van der Waals surface area contributed by atoms with Gasteiger partial charge in [0.2, 0.25) is 0 Å². The third kappa shape index (κ3) is 4.91. The van der Waals surface area contributed by atoms with Crippen LogP contribution in [-0.4, -0.2) is 36.6 Å². The molecule has 0 unspecified atom stereocenters. The van der Waals surface area contributed by atoms with E-state index in [2.05, 4.69) is 5.32 Å². The maximum absolute atomic E-state index is 11.7. The van der Waals surface area contributed by atoms with E-state index >= 15 is 0 Å². The zero-order chi connectivity index (χ0) is 16.2. The Hall–Kier alpha value is -1.75. The molecule has 1 aliphatic rings. The summed E-state index contributed by atoms with van der Waals surface area (Å²) >= 11 is 0. The van der Waals surface area contributed by atoms with E-state index < -0.39 is 5.60 Å². The minimum absolute atomic E-state index is 0.00261. The van der Waals surface area contributed by atoms with Crippen molar-refractivity contribution in [2.24, 2.45) is 5.92 Å². The molecule has 1 saturated carbocycles. The monoisotopic (exact) mass is 307 g/mol. The number of aliphatic hydroxyl groups excluding tert-OH is 1. The fourth-order valence-electron chi connectivity index (χ4n) is 2.46. The van der Waals surface area contributed by atoms with Gasteiger partial charge >= 0.3 is 6.09 Å². The van der Waals surface area contributed by atoms with E-state index in [0.717, 1.165) is 17.7 Å². The van der Waals surface area contributed by atoms with E-state index in [4.69, 9.17) is 14.6 Å². The zero-order valence-electron chi connectivity index (χ0n) is 13.5. The summed E-state index contributed by atoms with van der Waals surface area (Å²) in [5.74, 6) is 1.62. The lowest BCUT2D eigenvalue weighted by Crippen LogP contribution is -2.33. The average molecular weight is 307 g/mol. The maximum atomic E-state index is 11.7. The van der Waals surface area contributed by atoms with E-state index in [1.807, 2.05) is 45.0 Å². The molecule has 0 bridgehead atoms. The van der Waals surface area contributed by atoms with Crippen LogP contribution >= 0.6 is 0 Å². The largest absolute Gasteiger partial charge is 0.491 e. The molecule has 1 fully saturated rings. The molecule has 22 heavy (non-hydrogen) atoms. The number of para-hydroxylation sites is 1. The molecule has 122 valence electrons. The summed E-state index contributed by atoms with van der Waals surface area (Å²) in [7, 11) is 0. The molecule has 2 atom stereocenters. The van der Waals surface area contributed by atoms with Gasteiger partial charge in [0.15, 0.2) is 0 Å². The molecule has 1 aromatic rings. The Balaban J connectivity index is 1.84. The number of hydrogen-bond donors (Lipinski definition) is 2. The number of benzene rings is 1. The summed E-state index contributed by atoms with van der Waals surface area (Å²) in [6.45, 7) is 6.45. The molecular formula is C17H25NO4. The molecule has 1 aliphatic carbocycles. The summed E-state index contributed by atoms with van der Waals surface area (Å²) in [6, 6.07) is 7.87. The van der Waals surface area contributed by atoms with Crippen molar-refractivity contribution < 1.29 is 19.4 Å². The van der Waals surface area contributed by atoms with Crippen molar-refractivity contribution in [3.63, 3.8) is 0 Å². The van der Waals surface area contributed by atoms with Gasteiger partial charge < -0.3 is 19.9 Å². The van der Waals surface area contributed by atoms with Gasteiger partial charge in [0.05, 0.1) is 6.61 Å². The maximum Gasteiger partial charge on any atom is 0.407 e. The Bertz CT molecular complexity index is 510. The quantitative estimate of drug-likeness (QED) is 0.848. The highest BCUT2D eigenvalue weighted by molar-refractivity contribution is 5.67. The minimum atomic E-state index is -0.474. The van der Waals surface area contributed by atoms with Crippen molar-refractivity contribution in [1.82, 2.24) is 5.32 Å². The molecule has 2 N–H and O–H groups in total. The van der Waals surface area contributed by atoms with Crippen LogP contribution in [0.2, 0.25) is 0 Å². The van der Waals surface area contributed by atoms with Crippen molar-refractivity contribution in [2.45, 2.75) is 38.7 Å². The Morgan fingerprint density at radius 2 is 2.09 bits per heavy atom. The van der Waals surface area contributed by atoms with Gasteiger partial charge in [-0.2, -0.15) is 0 Å². The standard InChI is InChI=1S/C17H25NO4/c1-17(2,3)22-16(20)18-11-12-10-14(12)13-6-4-5-7-15(13)21-9-8-19/h4-7,12,14,19H,8-11H2,1-3H3,(H,18,20)/t12-,14+/m0/s1. The van der Waals surface area contributed by atoms with Crippen LogP contribution in [0.15, 0.2) is 24.3 Å². The molecule has 0 saturated heterocycles. The third-order valence-electron chi connectivity index (χ3n) is 3.50. The Morgan fingerprint density at radius 3 is 2.77 bits per heavy atom. The highest BCUT2D eigenvalue weighted by atomic mass is 16.6. The van der Waals surface area contributed by atoms with Crippen LogP contribution < -0.4 is 10.1 Å². The molecule has 0 radical (unpaired) electrons. The third-order valence-corrected chi connectivity index (χ3v) is 3.50. The van der Waals surface area contributed by atoms with Crippen LogP contribution in [0.1, 0.15) is 38.7 Å². The molecule has 1 aromatic carbocycles. The fourth-order valence-corrected chi connectivity index (χ4v) is 2.46. The second kappa shape index (κ2) is 7.01. The van der Waals surface area contributed by atoms with Crippen molar-refractivity contribution in [3.8, 4) is 5.75 Å². The highest BCUT2D eigenvalue weighted by Gasteiger charge is 2.40. The van der Waals surface area contributed by atoms with Crippen LogP contribution in [0.3, 0.4) is 0 Å².